The van der Waals surface area contributed by atoms with E-state index in [-0.39, 0.29) is 0 Å². The zero-order valence-corrected chi connectivity index (χ0v) is 9.17. The summed E-state index contributed by atoms with van der Waals surface area (Å²) in [7, 11) is 0. The molecule has 0 amide bonds. The van der Waals surface area contributed by atoms with Crippen LogP contribution in [0, 0.1) is 11.8 Å². The molecule has 0 unspecified atom stereocenters. The van der Waals surface area contributed by atoms with Crippen molar-refractivity contribution in [2.75, 3.05) is 12.0 Å². The maximum Gasteiger partial charge on any atom is 0.0179 e. The van der Waals surface area contributed by atoms with Gasteiger partial charge in [0.1, 0.15) is 0 Å². The van der Waals surface area contributed by atoms with Gasteiger partial charge in [0.25, 0.3) is 0 Å². The Bertz CT molecular complexity index is 130. The molecular formula is C11H20S. The molecule has 0 radical (unpaired) electrons. The van der Waals surface area contributed by atoms with Crippen LogP contribution in [0.3, 0.4) is 0 Å². The van der Waals surface area contributed by atoms with Crippen LogP contribution in [0.2, 0.25) is 0 Å². The number of thioether (sulfide) groups is 1. The molecule has 0 nitrogen and oxygen atoms in total. The largest absolute Gasteiger partial charge is 0.164 e. The smallest absolute Gasteiger partial charge is 0.0179 e. The van der Waals surface area contributed by atoms with Gasteiger partial charge < -0.3 is 0 Å². The van der Waals surface area contributed by atoms with E-state index in [1.165, 1.54) is 31.4 Å². The van der Waals surface area contributed by atoms with Crippen molar-refractivity contribution in [3.05, 3.63) is 0 Å². The molecule has 0 aromatic rings. The predicted molar refractivity (Wildman–Crippen MR) is 59.5 cm³/mol. The molecule has 0 atom stereocenters. The van der Waals surface area contributed by atoms with Crippen LogP contribution in [-0.2, 0) is 0 Å². The minimum absolute atomic E-state index is 1.06. The summed E-state index contributed by atoms with van der Waals surface area (Å²) in [6.07, 6.45) is 9.63. The Kier molecular flexibility index (Phi) is 10.8. The summed E-state index contributed by atoms with van der Waals surface area (Å²) >= 11 is 1.87. The molecule has 0 heterocycles. The normalized spacial score (nSPS) is 9.17. The van der Waals surface area contributed by atoms with Gasteiger partial charge >= 0.3 is 0 Å². The standard InChI is InChI=1S/C11H20S/c1-3-4-5-6-7-8-9-10-11-12-2/h3-7,10-11H2,1-2H3. The first kappa shape index (κ1) is 11.9. The van der Waals surface area contributed by atoms with Crippen molar-refractivity contribution in [2.45, 2.75) is 45.4 Å². The van der Waals surface area contributed by atoms with Crippen LogP contribution >= 0.6 is 11.8 Å². The van der Waals surface area contributed by atoms with Gasteiger partial charge in [-0.1, -0.05) is 26.2 Å². The SMILES string of the molecule is CCCCCCC#CCCSC. The van der Waals surface area contributed by atoms with Crippen LogP contribution in [-0.4, -0.2) is 12.0 Å². The second-order valence-electron chi connectivity index (χ2n) is 2.91. The van der Waals surface area contributed by atoms with Gasteiger partial charge in [0.2, 0.25) is 0 Å². The highest BCUT2D eigenvalue weighted by molar-refractivity contribution is 7.98. The Hall–Kier alpha value is -0.0900. The molecule has 0 saturated heterocycles. The van der Waals surface area contributed by atoms with Gasteiger partial charge in [-0.25, -0.2) is 0 Å². The highest BCUT2D eigenvalue weighted by Gasteiger charge is 1.83. The first-order valence-corrected chi connectivity index (χ1v) is 6.25. The van der Waals surface area contributed by atoms with Crippen molar-refractivity contribution < 1.29 is 0 Å². The summed E-state index contributed by atoms with van der Waals surface area (Å²) in [6.45, 7) is 2.24. The second kappa shape index (κ2) is 10.9. The molecule has 0 N–H and O–H groups in total. The number of rotatable bonds is 6. The lowest BCUT2D eigenvalue weighted by Crippen LogP contribution is -1.75. The molecule has 0 bridgehead atoms. The van der Waals surface area contributed by atoms with Crippen molar-refractivity contribution in [3.8, 4) is 11.8 Å². The summed E-state index contributed by atoms with van der Waals surface area (Å²) in [5.74, 6) is 7.59. The lowest BCUT2D eigenvalue weighted by Gasteiger charge is -1.91. The lowest BCUT2D eigenvalue weighted by atomic mass is 10.1. The summed E-state index contributed by atoms with van der Waals surface area (Å²) in [4.78, 5) is 0. The molecule has 12 heavy (non-hydrogen) atoms. The molecule has 0 fully saturated rings. The molecule has 0 aromatic heterocycles. The van der Waals surface area contributed by atoms with Crippen molar-refractivity contribution in [2.24, 2.45) is 0 Å². The Balaban J connectivity index is 2.99. The molecule has 0 aromatic carbocycles. The molecule has 0 aliphatic heterocycles. The summed E-state index contributed by atoms with van der Waals surface area (Å²) in [6, 6.07) is 0. The van der Waals surface area contributed by atoms with Crippen molar-refractivity contribution in [3.63, 3.8) is 0 Å². The quantitative estimate of drug-likeness (QED) is 0.448. The average molecular weight is 184 g/mol. The summed E-state index contributed by atoms with van der Waals surface area (Å²) in [5.41, 5.74) is 0. The minimum atomic E-state index is 1.06. The van der Waals surface area contributed by atoms with E-state index in [2.05, 4.69) is 25.0 Å². The molecule has 0 aliphatic carbocycles. The van der Waals surface area contributed by atoms with Crippen LogP contribution in [0.4, 0.5) is 0 Å². The van der Waals surface area contributed by atoms with Gasteiger partial charge in [0.15, 0.2) is 0 Å². The fourth-order valence-corrected chi connectivity index (χ4v) is 1.28. The van der Waals surface area contributed by atoms with Crippen molar-refractivity contribution in [1.29, 1.82) is 0 Å². The topological polar surface area (TPSA) is 0 Å². The number of unbranched alkanes of at least 4 members (excludes halogenated alkanes) is 4. The van der Waals surface area contributed by atoms with Crippen molar-refractivity contribution in [1.82, 2.24) is 0 Å². The van der Waals surface area contributed by atoms with Crippen molar-refractivity contribution >= 4 is 11.8 Å². The maximum atomic E-state index is 3.22. The number of hydrogen-bond acceptors (Lipinski definition) is 1. The van der Waals surface area contributed by atoms with Gasteiger partial charge in [-0.2, -0.15) is 11.8 Å². The van der Waals surface area contributed by atoms with Crippen LogP contribution in [0.25, 0.3) is 0 Å². The Morgan fingerprint density at radius 1 is 1.00 bits per heavy atom. The first-order chi connectivity index (χ1) is 5.91. The highest BCUT2D eigenvalue weighted by Crippen LogP contribution is 2.01. The van der Waals surface area contributed by atoms with E-state index in [1.807, 2.05) is 11.8 Å². The minimum Gasteiger partial charge on any atom is -0.164 e. The van der Waals surface area contributed by atoms with Gasteiger partial charge in [-0.05, 0) is 12.7 Å². The Morgan fingerprint density at radius 2 is 1.75 bits per heavy atom. The summed E-state index contributed by atoms with van der Waals surface area (Å²) in [5, 5.41) is 0. The fourth-order valence-electron chi connectivity index (χ4n) is 0.970. The van der Waals surface area contributed by atoms with Crippen LogP contribution in [0.1, 0.15) is 45.4 Å². The zero-order chi connectivity index (χ0) is 9.07. The van der Waals surface area contributed by atoms with Gasteiger partial charge in [-0.15, -0.1) is 11.8 Å². The lowest BCUT2D eigenvalue weighted by molar-refractivity contribution is 0.679. The zero-order valence-electron chi connectivity index (χ0n) is 8.36. The third-order valence-electron chi connectivity index (χ3n) is 1.71. The number of hydrogen-bond donors (Lipinski definition) is 0. The summed E-state index contributed by atoms with van der Waals surface area (Å²) < 4.78 is 0. The van der Waals surface area contributed by atoms with E-state index in [1.54, 1.807) is 0 Å². The molecule has 70 valence electrons. The fraction of sp³-hybridized carbons (Fsp3) is 0.818. The first-order valence-electron chi connectivity index (χ1n) is 4.86. The van der Waals surface area contributed by atoms with Gasteiger partial charge in [0.05, 0.1) is 0 Å². The van der Waals surface area contributed by atoms with Gasteiger partial charge in [0, 0.05) is 18.6 Å². The monoisotopic (exact) mass is 184 g/mol. The molecule has 0 aliphatic rings. The maximum absolute atomic E-state index is 3.22. The van der Waals surface area contributed by atoms with E-state index in [4.69, 9.17) is 0 Å². The van der Waals surface area contributed by atoms with Crippen LogP contribution < -0.4 is 0 Å². The Morgan fingerprint density at radius 3 is 2.42 bits per heavy atom. The molecule has 0 saturated carbocycles. The second-order valence-corrected chi connectivity index (χ2v) is 3.89. The Labute approximate surface area is 81.5 Å². The van der Waals surface area contributed by atoms with E-state index in [0.29, 0.717) is 0 Å². The van der Waals surface area contributed by atoms with E-state index in [9.17, 15) is 0 Å². The van der Waals surface area contributed by atoms with E-state index < -0.39 is 0 Å². The third kappa shape index (κ3) is 9.91. The van der Waals surface area contributed by atoms with Crippen LogP contribution in [0.5, 0.6) is 0 Å². The predicted octanol–water partition coefficient (Wildman–Crippen LogP) is 3.71. The van der Waals surface area contributed by atoms with E-state index in [0.717, 1.165) is 12.8 Å². The molecule has 1 heteroatoms. The average Bonchev–Trinajstić information content (AvgIpc) is 2.10. The van der Waals surface area contributed by atoms with Crippen LogP contribution in [0.15, 0.2) is 0 Å². The van der Waals surface area contributed by atoms with Gasteiger partial charge in [-0.3, -0.25) is 0 Å². The highest BCUT2D eigenvalue weighted by atomic mass is 32.2. The molecular weight excluding hydrogens is 164 g/mol. The third-order valence-corrected chi connectivity index (χ3v) is 2.32. The van der Waals surface area contributed by atoms with E-state index >= 15 is 0 Å². The molecule has 0 rings (SSSR count). The molecule has 0 spiro atoms.